The maximum Gasteiger partial charge on any atom is 0.252 e. The lowest BCUT2D eigenvalue weighted by atomic mass is 9.33. The van der Waals surface area contributed by atoms with Crippen molar-refractivity contribution < 1.29 is 17.8 Å². The zero-order valence-electron chi connectivity index (χ0n) is 71.2. The van der Waals surface area contributed by atoms with Crippen molar-refractivity contribution in [3.8, 4) is 67.0 Å². The fourth-order valence-electron chi connectivity index (χ4n) is 16.3. The molecule has 106 heavy (non-hydrogen) atoms. The van der Waals surface area contributed by atoms with Crippen molar-refractivity contribution in [2.75, 3.05) is 14.7 Å². The highest BCUT2D eigenvalue weighted by atomic mass is 15.2. The van der Waals surface area contributed by atoms with Crippen molar-refractivity contribution in [2.24, 2.45) is 0 Å². The average molecular weight is 1370 g/mol. The number of para-hydroxylation sites is 5. The molecule has 18 aromatic rings. The van der Waals surface area contributed by atoms with E-state index < -0.39 is 90.7 Å². The lowest BCUT2D eigenvalue weighted by molar-refractivity contribution is 0.591. The quantitative estimate of drug-likeness (QED) is 0.114. The summed E-state index contributed by atoms with van der Waals surface area (Å²) in [6, 6.07) is 97.6. The van der Waals surface area contributed by atoms with Crippen LogP contribution in [0.15, 0.2) is 382 Å². The van der Waals surface area contributed by atoms with Gasteiger partial charge in [0.1, 0.15) is 0 Å². The van der Waals surface area contributed by atoms with Gasteiger partial charge in [0.15, 0.2) is 0 Å². The molecule has 0 unspecified atom stereocenters. The molecule has 0 saturated heterocycles. The van der Waals surface area contributed by atoms with Crippen LogP contribution in [0.2, 0.25) is 0 Å². The molecule has 0 N–H and O–H groups in total. The molecule has 20 rings (SSSR count). The second kappa shape index (κ2) is 25.2. The van der Waals surface area contributed by atoms with Crippen LogP contribution < -0.4 is 31.1 Å². The number of anilines is 9. The molecule has 0 bridgehead atoms. The highest BCUT2D eigenvalue weighted by Gasteiger charge is 2.46. The zero-order valence-corrected chi connectivity index (χ0v) is 58.2. The molecule has 2 aliphatic heterocycles. The van der Waals surface area contributed by atoms with E-state index in [1.165, 1.54) is 0 Å². The number of nitrogens with zero attached hydrogens (tertiary/aromatic N) is 5. The summed E-state index contributed by atoms with van der Waals surface area (Å²) in [5.41, 5.74) is 19.9. The topological polar surface area (TPSA) is 19.6 Å². The van der Waals surface area contributed by atoms with Gasteiger partial charge in [0.25, 0.3) is 6.71 Å². The van der Waals surface area contributed by atoms with Gasteiger partial charge in [0.05, 0.1) is 51.3 Å². The Morgan fingerprint density at radius 2 is 0.745 bits per heavy atom. The third-order valence-corrected chi connectivity index (χ3v) is 21.1. The lowest BCUT2D eigenvalue weighted by Gasteiger charge is -2.46. The van der Waals surface area contributed by atoms with Crippen LogP contribution in [0.25, 0.3) is 111 Å². The van der Waals surface area contributed by atoms with E-state index in [1.54, 1.807) is 4.57 Å². The molecular weight excluding hydrogens is 1280 g/mol. The maximum atomic E-state index is 10.2. The normalized spacial score (nSPS) is 14.1. The van der Waals surface area contributed by atoms with Crippen LogP contribution in [0, 0.1) is 0 Å². The lowest BCUT2D eigenvalue weighted by Crippen LogP contribution is -2.61. The molecule has 0 amide bonds. The number of benzene rings is 16. The van der Waals surface area contributed by atoms with E-state index in [0.29, 0.717) is 28.3 Å². The third-order valence-electron chi connectivity index (χ3n) is 21.1. The summed E-state index contributed by atoms with van der Waals surface area (Å²) in [5, 5.41) is 2.10. The molecular formula is C100H72BN5. The second-order valence-electron chi connectivity index (χ2n) is 28.3. The van der Waals surface area contributed by atoms with E-state index in [4.69, 9.17) is 4.11 Å². The van der Waals surface area contributed by atoms with Gasteiger partial charge in [-0.2, -0.15) is 0 Å². The Labute approximate surface area is 637 Å². The molecule has 5 nitrogen and oxygen atoms in total. The predicted molar refractivity (Wildman–Crippen MR) is 450 cm³/mol. The molecule has 0 atom stereocenters. The minimum Gasteiger partial charge on any atom is -0.311 e. The first-order valence-corrected chi connectivity index (χ1v) is 35.8. The van der Waals surface area contributed by atoms with Gasteiger partial charge in [-0.25, -0.2) is 0 Å². The first kappa shape index (κ1) is 50.0. The average Bonchev–Trinajstić information content (AvgIpc) is 1.63. The Balaban J connectivity index is 0.975. The third kappa shape index (κ3) is 10.4. The van der Waals surface area contributed by atoms with E-state index in [0.717, 1.165) is 122 Å². The highest BCUT2D eigenvalue weighted by molar-refractivity contribution is 7.00. The Morgan fingerprint density at radius 3 is 1.30 bits per heavy atom. The van der Waals surface area contributed by atoms with E-state index in [9.17, 15) is 13.7 Å². The molecule has 16 aromatic carbocycles. The van der Waals surface area contributed by atoms with Crippen molar-refractivity contribution in [1.82, 2.24) is 9.13 Å². The van der Waals surface area contributed by atoms with Gasteiger partial charge in [-0.3, -0.25) is 0 Å². The summed E-state index contributed by atoms with van der Waals surface area (Å²) in [5.74, 6) is 0. The summed E-state index contributed by atoms with van der Waals surface area (Å²) < 4.78 is 128. The fourth-order valence-corrected chi connectivity index (χ4v) is 16.3. The van der Waals surface area contributed by atoms with Gasteiger partial charge in [-0.15, -0.1) is 0 Å². The molecule has 500 valence electrons. The van der Waals surface area contributed by atoms with Gasteiger partial charge in [-0.05, 0) is 193 Å². The van der Waals surface area contributed by atoms with E-state index in [2.05, 4.69) is 222 Å². The van der Waals surface area contributed by atoms with Crippen LogP contribution in [0.5, 0.6) is 0 Å². The molecule has 0 radical (unpaired) electrons. The van der Waals surface area contributed by atoms with Crippen LogP contribution in [-0.4, -0.2) is 15.8 Å². The standard InChI is InChI=1S/C100H72BN5/c1-100(2,3)75-62-86(70-36-16-7-17-37-70)99(87(63-75)71-38-18-8-19-39-71)106-95-64-79(102(76-40-20-9-21-41-76)77-51-53-78(54-52-77)103-90-46-26-22-42-82(90)83-43-23-27-47-91(83)103)55-57-89(95)101-88-56-50-72(67-30-10-4-11-31-67)61-94(88)105(80-59-73(68-32-12-5-13-33-68)58-74(60-80)69-34-14-6-15-35-69)96-65-81(66-97(106)98(96)101)104-92-48-28-24-44-84(92)85-45-25-29-49-93(85)104/h4-66H,1-3H3/i4D,10D,11D,24D,25D,28D,29D,30D,31D,44D,45D,48D,49D. The molecule has 4 heterocycles. The van der Waals surface area contributed by atoms with Gasteiger partial charge < -0.3 is 23.8 Å². The minimum atomic E-state index is -0.738. The molecule has 2 aliphatic rings. The number of hydrogen-bond acceptors (Lipinski definition) is 3. The summed E-state index contributed by atoms with van der Waals surface area (Å²) in [6.07, 6.45) is 0. The molecule has 6 heteroatoms. The summed E-state index contributed by atoms with van der Waals surface area (Å²) in [7, 11) is 0. The Morgan fingerprint density at radius 1 is 0.292 bits per heavy atom. The molecule has 0 fully saturated rings. The predicted octanol–water partition coefficient (Wildman–Crippen LogP) is 25.1. The number of rotatable bonds is 12. The summed E-state index contributed by atoms with van der Waals surface area (Å²) >= 11 is 0. The maximum absolute atomic E-state index is 10.2. The monoisotopic (exact) mass is 1370 g/mol. The molecule has 0 spiro atoms. The van der Waals surface area contributed by atoms with Crippen molar-refractivity contribution in [1.29, 1.82) is 0 Å². The molecule has 2 aromatic heterocycles. The van der Waals surface area contributed by atoms with Gasteiger partial charge >= 0.3 is 0 Å². The molecule has 0 aliphatic carbocycles. The van der Waals surface area contributed by atoms with Crippen LogP contribution in [0.4, 0.5) is 51.2 Å². The van der Waals surface area contributed by atoms with Crippen molar-refractivity contribution in [3.63, 3.8) is 0 Å². The Bertz CT molecular complexity index is 6980. The van der Waals surface area contributed by atoms with E-state index in [-0.39, 0.29) is 33.1 Å². The number of fused-ring (bicyclic) bond motifs is 10. The first-order chi connectivity index (χ1) is 57.6. The Kier molecular flexibility index (Phi) is 11.9. The van der Waals surface area contributed by atoms with Gasteiger partial charge in [0, 0.05) is 83.9 Å². The van der Waals surface area contributed by atoms with Crippen molar-refractivity contribution >= 4 is 118 Å². The SMILES string of the molecule is [2H]c1c([2H])c([2H])c(-c2ccc3c(c2)N(c2cc(-c4ccccc4)cc(-c4ccccc4)c2)c2cc(-n4c5c([2H])c([2H])c([2H])c([2H])c5c5c([2H])c([2H])c([2H])c([2H])c54)cc4c2B3c2ccc(N(c3ccccc3)c3ccc(-n5c6ccccc6c6ccccc65)cc3)cc2N4c2c(-c3ccccc3)cc(C(C)(C)C)cc2-c2ccccc2)c([2H])c1[2H]. The number of aromatic nitrogens is 2. The van der Waals surface area contributed by atoms with Crippen LogP contribution in [-0.2, 0) is 5.41 Å². The van der Waals surface area contributed by atoms with Gasteiger partial charge in [0.2, 0.25) is 0 Å². The van der Waals surface area contributed by atoms with Crippen LogP contribution in [0.1, 0.15) is 44.2 Å². The summed E-state index contributed by atoms with van der Waals surface area (Å²) in [6.45, 7) is 5.91. The number of hydrogen-bond donors (Lipinski definition) is 0. The van der Waals surface area contributed by atoms with Crippen LogP contribution >= 0.6 is 0 Å². The van der Waals surface area contributed by atoms with E-state index in [1.807, 2.05) is 121 Å². The highest BCUT2D eigenvalue weighted by Crippen LogP contribution is 2.54. The van der Waals surface area contributed by atoms with Crippen LogP contribution in [0.3, 0.4) is 0 Å². The zero-order chi connectivity index (χ0) is 81.9. The van der Waals surface area contributed by atoms with E-state index >= 15 is 0 Å². The van der Waals surface area contributed by atoms with Crippen molar-refractivity contribution in [3.05, 3.63) is 387 Å². The first-order valence-electron chi connectivity index (χ1n) is 42.3. The smallest absolute Gasteiger partial charge is 0.252 e. The largest absolute Gasteiger partial charge is 0.311 e. The Hall–Kier alpha value is -13.4. The summed E-state index contributed by atoms with van der Waals surface area (Å²) in [4.78, 5) is 6.76. The second-order valence-corrected chi connectivity index (χ2v) is 28.3. The van der Waals surface area contributed by atoms with Crippen molar-refractivity contribution in [2.45, 2.75) is 26.2 Å². The van der Waals surface area contributed by atoms with Gasteiger partial charge in [-0.1, -0.05) is 281 Å². The fraction of sp³-hybridized carbons (Fsp3) is 0.0400. The minimum absolute atomic E-state index is 0.0138. The molecule has 0 saturated carbocycles.